The van der Waals surface area contributed by atoms with Crippen LogP contribution in [-0.4, -0.2) is 48.7 Å². The zero-order valence-corrected chi connectivity index (χ0v) is 18.7. The highest BCUT2D eigenvalue weighted by atomic mass is 16.5. The predicted molar refractivity (Wildman–Crippen MR) is 121 cm³/mol. The van der Waals surface area contributed by atoms with E-state index in [1.807, 2.05) is 11.9 Å². The van der Waals surface area contributed by atoms with Gasteiger partial charge in [-0.15, -0.1) is 0 Å². The fourth-order valence-electron chi connectivity index (χ4n) is 5.08. The van der Waals surface area contributed by atoms with E-state index in [1.165, 1.54) is 43.5 Å². The molecule has 1 aromatic heterocycles. The Balaban J connectivity index is 1.43. The van der Waals surface area contributed by atoms with Crippen LogP contribution in [0.5, 0.6) is 0 Å². The van der Waals surface area contributed by atoms with Gasteiger partial charge in [0.15, 0.2) is 0 Å². The van der Waals surface area contributed by atoms with Crippen molar-refractivity contribution in [1.82, 2.24) is 9.47 Å². The van der Waals surface area contributed by atoms with Crippen LogP contribution in [0.1, 0.15) is 65.5 Å². The van der Waals surface area contributed by atoms with Gasteiger partial charge in [0.05, 0.1) is 18.8 Å². The number of carbonyl (C=O) groups excluding carboxylic acids is 1. The van der Waals surface area contributed by atoms with Crippen LogP contribution in [0.15, 0.2) is 30.3 Å². The highest BCUT2D eigenvalue weighted by Gasteiger charge is 2.24. The van der Waals surface area contributed by atoms with E-state index in [9.17, 15) is 4.79 Å². The Labute approximate surface area is 180 Å². The smallest absolute Gasteiger partial charge is 0.255 e. The van der Waals surface area contributed by atoms with Crippen LogP contribution in [0.2, 0.25) is 0 Å². The number of aryl methyl sites for hydroxylation is 1. The first-order valence-electron chi connectivity index (χ1n) is 11.4. The SMILES string of the molecule is Cc1cc(C(=O)N(C)Cc2ccc(N3CCOCC3)cc2)c(C)n1C1CCCCC1. The third-order valence-corrected chi connectivity index (χ3v) is 6.73. The van der Waals surface area contributed by atoms with Crippen molar-refractivity contribution >= 4 is 11.6 Å². The molecule has 5 nitrogen and oxygen atoms in total. The summed E-state index contributed by atoms with van der Waals surface area (Å²) in [4.78, 5) is 17.4. The van der Waals surface area contributed by atoms with E-state index in [2.05, 4.69) is 53.6 Å². The molecule has 1 aromatic carbocycles. The van der Waals surface area contributed by atoms with Gasteiger partial charge in [-0.05, 0) is 50.5 Å². The number of anilines is 1. The summed E-state index contributed by atoms with van der Waals surface area (Å²) in [6.45, 7) is 8.33. The molecule has 0 N–H and O–H groups in total. The third kappa shape index (κ3) is 4.41. The second-order valence-electron chi connectivity index (χ2n) is 8.87. The highest BCUT2D eigenvalue weighted by Crippen LogP contribution is 2.32. The zero-order chi connectivity index (χ0) is 21.1. The Hall–Kier alpha value is -2.27. The van der Waals surface area contributed by atoms with Gasteiger partial charge in [0.1, 0.15) is 0 Å². The van der Waals surface area contributed by atoms with Crippen molar-refractivity contribution in [2.24, 2.45) is 0 Å². The second-order valence-corrected chi connectivity index (χ2v) is 8.87. The molecule has 0 radical (unpaired) electrons. The molecule has 0 unspecified atom stereocenters. The molecule has 2 fully saturated rings. The lowest BCUT2D eigenvalue weighted by molar-refractivity contribution is 0.0784. The van der Waals surface area contributed by atoms with Crippen molar-refractivity contribution in [3.05, 3.63) is 52.8 Å². The maximum absolute atomic E-state index is 13.2. The lowest BCUT2D eigenvalue weighted by atomic mass is 9.95. The average molecular weight is 410 g/mol. The summed E-state index contributed by atoms with van der Waals surface area (Å²) in [7, 11) is 1.91. The molecule has 4 rings (SSSR count). The molecule has 2 heterocycles. The van der Waals surface area contributed by atoms with Crippen molar-refractivity contribution in [2.75, 3.05) is 38.3 Å². The third-order valence-electron chi connectivity index (χ3n) is 6.73. The van der Waals surface area contributed by atoms with E-state index in [-0.39, 0.29) is 5.91 Å². The number of morpholine rings is 1. The molecule has 30 heavy (non-hydrogen) atoms. The van der Waals surface area contributed by atoms with Crippen LogP contribution in [0.3, 0.4) is 0 Å². The van der Waals surface area contributed by atoms with Crippen molar-refractivity contribution in [3.8, 4) is 0 Å². The molecular formula is C25H35N3O2. The Morgan fingerprint density at radius 2 is 1.73 bits per heavy atom. The van der Waals surface area contributed by atoms with Crippen LogP contribution >= 0.6 is 0 Å². The van der Waals surface area contributed by atoms with E-state index in [1.54, 1.807) is 0 Å². The summed E-state index contributed by atoms with van der Waals surface area (Å²) >= 11 is 0. The lowest BCUT2D eigenvalue weighted by Gasteiger charge is -2.29. The molecule has 1 saturated carbocycles. The van der Waals surface area contributed by atoms with Crippen LogP contribution in [-0.2, 0) is 11.3 Å². The molecule has 5 heteroatoms. The Bertz CT molecular complexity index is 859. The summed E-state index contributed by atoms with van der Waals surface area (Å²) < 4.78 is 7.85. The molecule has 2 aromatic rings. The van der Waals surface area contributed by atoms with Gasteiger partial charge in [-0.25, -0.2) is 0 Å². The summed E-state index contributed by atoms with van der Waals surface area (Å²) in [5.74, 6) is 0.113. The van der Waals surface area contributed by atoms with Gasteiger partial charge < -0.3 is 19.1 Å². The molecule has 0 atom stereocenters. The van der Waals surface area contributed by atoms with Crippen LogP contribution in [0.4, 0.5) is 5.69 Å². The Morgan fingerprint density at radius 3 is 2.40 bits per heavy atom. The molecule has 1 aliphatic heterocycles. The molecule has 1 saturated heterocycles. The van der Waals surface area contributed by atoms with E-state index < -0.39 is 0 Å². The zero-order valence-electron chi connectivity index (χ0n) is 18.7. The maximum Gasteiger partial charge on any atom is 0.255 e. The standard InChI is InChI=1S/C25H35N3O2/c1-19-17-24(20(2)28(19)23-7-5-4-6-8-23)25(29)26(3)18-21-9-11-22(12-10-21)27-13-15-30-16-14-27/h9-12,17,23H,4-8,13-16,18H2,1-3H3. The lowest BCUT2D eigenvalue weighted by Crippen LogP contribution is -2.36. The van der Waals surface area contributed by atoms with Crippen molar-refractivity contribution in [1.29, 1.82) is 0 Å². The summed E-state index contributed by atoms with van der Waals surface area (Å²) in [6, 6.07) is 11.2. The van der Waals surface area contributed by atoms with Gasteiger partial charge in [0.25, 0.3) is 5.91 Å². The van der Waals surface area contributed by atoms with Crippen LogP contribution in [0.25, 0.3) is 0 Å². The molecule has 0 bridgehead atoms. The van der Waals surface area contributed by atoms with Gasteiger partial charge in [-0.2, -0.15) is 0 Å². The number of nitrogens with zero attached hydrogens (tertiary/aromatic N) is 3. The number of hydrogen-bond acceptors (Lipinski definition) is 3. The maximum atomic E-state index is 13.2. The van der Waals surface area contributed by atoms with Gasteiger partial charge in [-0.1, -0.05) is 31.4 Å². The minimum Gasteiger partial charge on any atom is -0.378 e. The van der Waals surface area contributed by atoms with Crippen molar-refractivity contribution < 1.29 is 9.53 Å². The van der Waals surface area contributed by atoms with Crippen molar-refractivity contribution in [2.45, 2.75) is 58.5 Å². The second kappa shape index (κ2) is 9.25. The van der Waals surface area contributed by atoms with Gasteiger partial charge in [0, 0.05) is 49.8 Å². The predicted octanol–water partition coefficient (Wildman–Crippen LogP) is 4.72. The minimum absolute atomic E-state index is 0.113. The van der Waals surface area contributed by atoms with Crippen molar-refractivity contribution in [3.63, 3.8) is 0 Å². The Kier molecular flexibility index (Phi) is 6.47. The molecule has 2 aliphatic rings. The number of ether oxygens (including phenoxy) is 1. The monoisotopic (exact) mass is 409 g/mol. The van der Waals surface area contributed by atoms with Gasteiger partial charge >= 0.3 is 0 Å². The molecule has 1 aliphatic carbocycles. The first-order valence-corrected chi connectivity index (χ1v) is 11.4. The fraction of sp³-hybridized carbons (Fsp3) is 0.560. The number of hydrogen-bond donors (Lipinski definition) is 0. The largest absolute Gasteiger partial charge is 0.378 e. The van der Waals surface area contributed by atoms with Crippen LogP contribution < -0.4 is 4.90 Å². The quantitative estimate of drug-likeness (QED) is 0.717. The highest BCUT2D eigenvalue weighted by molar-refractivity contribution is 5.95. The summed E-state index contributed by atoms with van der Waals surface area (Å²) in [5.41, 5.74) is 5.58. The summed E-state index contributed by atoms with van der Waals surface area (Å²) in [6.07, 6.45) is 6.40. The van der Waals surface area contributed by atoms with Gasteiger partial charge in [0.2, 0.25) is 0 Å². The normalized spacial score (nSPS) is 17.9. The molecular weight excluding hydrogens is 374 g/mol. The topological polar surface area (TPSA) is 37.7 Å². The number of amides is 1. The average Bonchev–Trinajstić information content (AvgIpc) is 3.08. The van der Waals surface area contributed by atoms with E-state index in [0.717, 1.165) is 43.1 Å². The summed E-state index contributed by atoms with van der Waals surface area (Å²) in [5, 5.41) is 0. The number of rotatable bonds is 5. The number of benzene rings is 1. The Morgan fingerprint density at radius 1 is 1.07 bits per heavy atom. The first kappa shape index (κ1) is 21.0. The first-order chi connectivity index (χ1) is 14.5. The molecule has 0 spiro atoms. The molecule has 1 amide bonds. The molecule has 162 valence electrons. The van der Waals surface area contributed by atoms with E-state index in [4.69, 9.17) is 4.74 Å². The fourth-order valence-corrected chi connectivity index (χ4v) is 5.08. The van der Waals surface area contributed by atoms with Crippen LogP contribution in [0, 0.1) is 13.8 Å². The van der Waals surface area contributed by atoms with E-state index >= 15 is 0 Å². The van der Waals surface area contributed by atoms with E-state index in [0.29, 0.717) is 12.6 Å². The minimum atomic E-state index is 0.113. The number of carbonyl (C=O) groups is 1. The van der Waals surface area contributed by atoms with Gasteiger partial charge in [-0.3, -0.25) is 4.79 Å². The number of aromatic nitrogens is 1.